The molecule has 0 aliphatic carbocycles. The van der Waals surface area contributed by atoms with Crippen LogP contribution < -0.4 is 0 Å². The fourth-order valence-electron chi connectivity index (χ4n) is 2.86. The zero-order chi connectivity index (χ0) is 15.5. The summed E-state index contributed by atoms with van der Waals surface area (Å²) in [6, 6.07) is 12.0. The Labute approximate surface area is 144 Å². The molecule has 1 aromatic heterocycles. The molecule has 0 saturated carbocycles. The molecule has 22 heavy (non-hydrogen) atoms. The number of carbonyl (C=O) groups excluding carboxylic acids is 1. The van der Waals surface area contributed by atoms with Crippen molar-refractivity contribution in [2.24, 2.45) is 0 Å². The van der Waals surface area contributed by atoms with Crippen molar-refractivity contribution in [1.82, 2.24) is 9.47 Å². The number of carbonyl (C=O) groups is 1. The number of rotatable bonds is 3. The quantitative estimate of drug-likeness (QED) is 0.728. The number of likely N-dealkylation sites (tertiary alicyclic amines) is 1. The van der Waals surface area contributed by atoms with Crippen molar-refractivity contribution in [3.8, 4) is 5.69 Å². The van der Waals surface area contributed by atoms with Gasteiger partial charge in [-0.05, 0) is 65.8 Å². The van der Waals surface area contributed by atoms with Gasteiger partial charge in [0.25, 0.3) is 5.91 Å². The summed E-state index contributed by atoms with van der Waals surface area (Å²) in [6.07, 6.45) is 4.05. The smallest absolute Gasteiger partial charge is 0.270 e. The number of halogens is 1. The molecule has 1 aliphatic rings. The zero-order valence-corrected chi connectivity index (χ0v) is 14.7. The summed E-state index contributed by atoms with van der Waals surface area (Å²) in [5.41, 5.74) is 1.74. The van der Waals surface area contributed by atoms with Gasteiger partial charge in [-0.3, -0.25) is 4.79 Å². The molecule has 0 N–H and O–H groups in total. The minimum absolute atomic E-state index is 0.0958. The van der Waals surface area contributed by atoms with Crippen LogP contribution in [0.3, 0.4) is 0 Å². The topological polar surface area (TPSA) is 34.5 Å². The average Bonchev–Trinajstić information content (AvgIpc) is 3.04. The van der Waals surface area contributed by atoms with Crippen LogP contribution in [0.15, 0.2) is 42.6 Å². The highest BCUT2D eigenvalue weighted by molar-refractivity contribution is 14.1. The van der Waals surface area contributed by atoms with E-state index in [0.29, 0.717) is 0 Å². The van der Waals surface area contributed by atoms with E-state index < -0.39 is 0 Å². The van der Waals surface area contributed by atoms with Crippen LogP contribution in [0.2, 0.25) is 0 Å². The number of nitrogens with zero attached hydrogens (tertiary/aromatic N) is 2. The monoisotopic (exact) mass is 410 g/mol. The van der Waals surface area contributed by atoms with Gasteiger partial charge in [0.2, 0.25) is 0 Å². The molecule has 1 aromatic carbocycles. The Balaban J connectivity index is 1.81. The predicted octanol–water partition coefficient (Wildman–Crippen LogP) is 3.33. The van der Waals surface area contributed by atoms with Gasteiger partial charge < -0.3 is 14.2 Å². The molecule has 0 spiro atoms. The van der Waals surface area contributed by atoms with E-state index in [2.05, 4.69) is 28.7 Å². The third-order valence-corrected chi connectivity index (χ3v) is 4.79. The van der Waals surface area contributed by atoms with Gasteiger partial charge >= 0.3 is 0 Å². The van der Waals surface area contributed by atoms with Crippen molar-refractivity contribution in [2.75, 3.05) is 20.2 Å². The number of hydrogen-bond donors (Lipinski definition) is 0. The van der Waals surface area contributed by atoms with Crippen molar-refractivity contribution in [1.29, 1.82) is 0 Å². The van der Waals surface area contributed by atoms with Crippen LogP contribution in [0.1, 0.15) is 23.3 Å². The number of hydrogen-bond acceptors (Lipinski definition) is 2. The summed E-state index contributed by atoms with van der Waals surface area (Å²) in [6.45, 7) is 1.52. The van der Waals surface area contributed by atoms with Crippen molar-refractivity contribution in [2.45, 2.75) is 18.9 Å². The van der Waals surface area contributed by atoms with Crippen LogP contribution in [-0.4, -0.2) is 41.7 Å². The molecule has 1 saturated heterocycles. The van der Waals surface area contributed by atoms with E-state index in [1.165, 1.54) is 0 Å². The summed E-state index contributed by atoms with van der Waals surface area (Å²) in [5.74, 6) is 0.0958. The lowest BCUT2D eigenvalue weighted by molar-refractivity contribution is 0.0346. The van der Waals surface area contributed by atoms with E-state index >= 15 is 0 Å². The molecule has 5 heteroatoms. The molecule has 3 rings (SSSR count). The first-order chi connectivity index (χ1) is 10.7. The van der Waals surface area contributed by atoms with Crippen molar-refractivity contribution in [3.63, 3.8) is 0 Å². The van der Waals surface area contributed by atoms with Crippen LogP contribution in [0.5, 0.6) is 0 Å². The average molecular weight is 410 g/mol. The van der Waals surface area contributed by atoms with Crippen LogP contribution in [0.4, 0.5) is 0 Å². The maximum absolute atomic E-state index is 12.8. The van der Waals surface area contributed by atoms with E-state index in [0.717, 1.165) is 40.9 Å². The number of piperidine rings is 1. The molecule has 0 unspecified atom stereocenters. The Morgan fingerprint density at radius 2 is 2.00 bits per heavy atom. The highest BCUT2D eigenvalue weighted by atomic mass is 127. The van der Waals surface area contributed by atoms with Gasteiger partial charge in [0.1, 0.15) is 5.69 Å². The summed E-state index contributed by atoms with van der Waals surface area (Å²) in [5, 5.41) is 0. The molecule has 1 aliphatic heterocycles. The van der Waals surface area contributed by atoms with Gasteiger partial charge in [0, 0.05) is 35.7 Å². The number of methoxy groups -OCH3 is 1. The lowest BCUT2D eigenvalue weighted by Crippen LogP contribution is -2.41. The first-order valence-electron chi connectivity index (χ1n) is 7.44. The molecular formula is C17H19IN2O2. The lowest BCUT2D eigenvalue weighted by atomic mass is 10.1. The summed E-state index contributed by atoms with van der Waals surface area (Å²) in [4.78, 5) is 14.7. The number of benzene rings is 1. The molecule has 0 bridgehead atoms. The van der Waals surface area contributed by atoms with Crippen molar-refractivity contribution >= 4 is 28.5 Å². The van der Waals surface area contributed by atoms with Crippen LogP contribution in [0, 0.1) is 3.57 Å². The summed E-state index contributed by atoms with van der Waals surface area (Å²) in [7, 11) is 1.74. The van der Waals surface area contributed by atoms with Gasteiger partial charge in [0.15, 0.2) is 0 Å². The second kappa shape index (κ2) is 6.83. The molecule has 116 valence electrons. The largest absolute Gasteiger partial charge is 0.381 e. The Hall–Kier alpha value is -1.34. The molecule has 0 atom stereocenters. The number of aromatic nitrogens is 1. The Morgan fingerprint density at radius 1 is 1.23 bits per heavy atom. The van der Waals surface area contributed by atoms with Gasteiger partial charge in [-0.15, -0.1) is 0 Å². The third-order valence-electron chi connectivity index (χ3n) is 4.12. The predicted molar refractivity (Wildman–Crippen MR) is 94.4 cm³/mol. The Bertz CT molecular complexity index is 660. The molecule has 1 amide bonds. The Kier molecular flexibility index (Phi) is 4.83. The fraction of sp³-hybridized carbons (Fsp3) is 0.353. The zero-order valence-electron chi connectivity index (χ0n) is 12.5. The van der Waals surface area contributed by atoms with E-state index in [1.54, 1.807) is 7.11 Å². The molecule has 0 radical (unpaired) electrons. The van der Waals surface area contributed by atoms with E-state index in [4.69, 9.17) is 4.74 Å². The first-order valence-corrected chi connectivity index (χ1v) is 8.52. The minimum atomic E-state index is 0.0958. The molecule has 2 heterocycles. The number of amides is 1. The summed E-state index contributed by atoms with van der Waals surface area (Å²) < 4.78 is 8.49. The SMILES string of the molecule is COC1CCN(C(=O)c2cccn2-c2cccc(I)c2)CC1. The van der Waals surface area contributed by atoms with E-state index in [-0.39, 0.29) is 12.0 Å². The van der Waals surface area contributed by atoms with Crippen LogP contribution >= 0.6 is 22.6 Å². The van der Waals surface area contributed by atoms with Gasteiger partial charge in [0.05, 0.1) is 6.10 Å². The highest BCUT2D eigenvalue weighted by Gasteiger charge is 2.25. The fourth-order valence-corrected chi connectivity index (χ4v) is 3.39. The normalized spacial score (nSPS) is 16.0. The molecule has 2 aromatic rings. The highest BCUT2D eigenvalue weighted by Crippen LogP contribution is 2.20. The van der Waals surface area contributed by atoms with E-state index in [1.807, 2.05) is 46.0 Å². The number of ether oxygens (including phenoxy) is 1. The second-order valence-corrected chi connectivity index (χ2v) is 6.72. The second-order valence-electron chi connectivity index (χ2n) is 5.47. The van der Waals surface area contributed by atoms with Gasteiger partial charge in [-0.1, -0.05) is 6.07 Å². The van der Waals surface area contributed by atoms with Crippen molar-refractivity contribution < 1.29 is 9.53 Å². The standard InChI is InChI=1S/C17H19IN2O2/c1-22-15-7-10-19(11-8-15)17(21)16-6-3-9-20(16)14-5-2-4-13(18)12-14/h2-6,9,12,15H,7-8,10-11H2,1H3. The van der Waals surface area contributed by atoms with E-state index in [9.17, 15) is 4.79 Å². The lowest BCUT2D eigenvalue weighted by Gasteiger charge is -2.31. The van der Waals surface area contributed by atoms with Crippen LogP contribution in [-0.2, 0) is 4.74 Å². The maximum atomic E-state index is 12.8. The molecule has 4 nitrogen and oxygen atoms in total. The third kappa shape index (κ3) is 3.20. The first kappa shape index (κ1) is 15.6. The molecule has 1 fully saturated rings. The van der Waals surface area contributed by atoms with Crippen molar-refractivity contribution in [3.05, 3.63) is 51.9 Å². The molecular weight excluding hydrogens is 391 g/mol. The van der Waals surface area contributed by atoms with Crippen LogP contribution in [0.25, 0.3) is 5.69 Å². The minimum Gasteiger partial charge on any atom is -0.381 e. The maximum Gasteiger partial charge on any atom is 0.270 e. The summed E-state index contributed by atoms with van der Waals surface area (Å²) >= 11 is 2.29. The Morgan fingerprint density at radius 3 is 2.68 bits per heavy atom. The van der Waals surface area contributed by atoms with Gasteiger partial charge in [-0.25, -0.2) is 0 Å². The van der Waals surface area contributed by atoms with Gasteiger partial charge in [-0.2, -0.15) is 0 Å².